The number of nitrogen functional groups attached to an aromatic ring is 1. The molecule has 0 aliphatic heterocycles. The van der Waals surface area contributed by atoms with Crippen molar-refractivity contribution in [1.29, 1.82) is 0 Å². The number of hydrogen-bond acceptors (Lipinski definition) is 8. The summed E-state index contributed by atoms with van der Waals surface area (Å²) in [6.07, 6.45) is 0.161. The first-order valence-corrected chi connectivity index (χ1v) is 9.29. The van der Waals surface area contributed by atoms with Crippen molar-refractivity contribution in [2.75, 3.05) is 5.73 Å². The molecule has 3 heterocycles. The summed E-state index contributed by atoms with van der Waals surface area (Å²) in [7, 11) is 0. The second kappa shape index (κ2) is 7.72. The highest BCUT2D eigenvalue weighted by molar-refractivity contribution is 5.90. The number of rotatable bonds is 5. The average molecular weight is 438 g/mol. The van der Waals surface area contributed by atoms with E-state index in [-0.39, 0.29) is 18.0 Å². The number of hydrogen-bond donors (Lipinski definition) is 1. The van der Waals surface area contributed by atoms with Gasteiger partial charge >= 0.3 is 6.43 Å². The van der Waals surface area contributed by atoms with E-state index < -0.39 is 18.1 Å². The lowest BCUT2D eigenvalue weighted by Crippen LogP contribution is -2.03. The summed E-state index contributed by atoms with van der Waals surface area (Å²) in [5.41, 5.74) is 8.37. The number of halogens is 3. The third-order valence-corrected chi connectivity index (χ3v) is 4.76. The van der Waals surface area contributed by atoms with Crippen molar-refractivity contribution < 1.29 is 17.6 Å². The number of anilines is 1. The number of nitrogens with zero attached hydrogens (tertiary/aromatic N) is 7. The molecule has 5 aromatic rings. The van der Waals surface area contributed by atoms with E-state index in [1.165, 1.54) is 23.1 Å². The van der Waals surface area contributed by atoms with Crippen LogP contribution in [0, 0.1) is 5.82 Å². The monoisotopic (exact) mass is 438 g/mol. The lowest BCUT2D eigenvalue weighted by atomic mass is 10.1. The molecule has 3 aromatic heterocycles. The van der Waals surface area contributed by atoms with Gasteiger partial charge in [-0.1, -0.05) is 17.3 Å². The summed E-state index contributed by atoms with van der Waals surface area (Å²) in [6.45, 7) is 0.105. The molecule has 12 heteroatoms. The van der Waals surface area contributed by atoms with E-state index in [2.05, 4.69) is 30.5 Å². The molecule has 0 radical (unpaired) electrons. The number of benzene rings is 2. The SMILES string of the molecule is Nc1ncnc2cc(-c3cn(Cc4ccc(-c5nnc(C(F)F)o5)cc4F)nn3)ccc12. The smallest absolute Gasteiger partial charge is 0.314 e. The van der Waals surface area contributed by atoms with Crippen molar-refractivity contribution in [2.24, 2.45) is 0 Å². The Bertz CT molecular complexity index is 1430. The van der Waals surface area contributed by atoms with Crippen molar-refractivity contribution in [3.8, 4) is 22.7 Å². The van der Waals surface area contributed by atoms with Gasteiger partial charge in [-0.2, -0.15) is 8.78 Å². The molecular formula is C20H13F3N8O. The van der Waals surface area contributed by atoms with Gasteiger partial charge in [-0.05, 0) is 24.3 Å². The van der Waals surface area contributed by atoms with Gasteiger partial charge < -0.3 is 10.2 Å². The molecule has 0 saturated carbocycles. The van der Waals surface area contributed by atoms with E-state index in [4.69, 9.17) is 10.2 Å². The van der Waals surface area contributed by atoms with Gasteiger partial charge in [0.25, 0.3) is 5.89 Å². The molecule has 0 amide bonds. The normalized spacial score (nSPS) is 11.5. The van der Waals surface area contributed by atoms with Gasteiger partial charge in [-0.25, -0.2) is 19.0 Å². The Morgan fingerprint density at radius 1 is 1.00 bits per heavy atom. The highest BCUT2D eigenvalue weighted by Gasteiger charge is 2.18. The van der Waals surface area contributed by atoms with Crippen molar-refractivity contribution in [3.63, 3.8) is 0 Å². The van der Waals surface area contributed by atoms with Crippen molar-refractivity contribution >= 4 is 16.7 Å². The molecule has 0 atom stereocenters. The Balaban J connectivity index is 1.37. The predicted octanol–water partition coefficient (Wildman–Crippen LogP) is 3.65. The minimum atomic E-state index is -2.89. The molecular weight excluding hydrogens is 425 g/mol. The first-order chi connectivity index (χ1) is 15.5. The van der Waals surface area contributed by atoms with E-state index in [1.807, 2.05) is 12.1 Å². The van der Waals surface area contributed by atoms with E-state index in [1.54, 1.807) is 12.3 Å². The Morgan fingerprint density at radius 2 is 1.84 bits per heavy atom. The Morgan fingerprint density at radius 3 is 2.62 bits per heavy atom. The van der Waals surface area contributed by atoms with E-state index in [9.17, 15) is 13.2 Å². The fourth-order valence-electron chi connectivity index (χ4n) is 3.17. The minimum Gasteiger partial charge on any atom is -0.415 e. The van der Waals surface area contributed by atoms with Crippen LogP contribution >= 0.6 is 0 Å². The number of aromatic nitrogens is 7. The molecule has 0 aliphatic rings. The molecule has 160 valence electrons. The maximum atomic E-state index is 14.6. The van der Waals surface area contributed by atoms with Crippen LogP contribution < -0.4 is 5.73 Å². The van der Waals surface area contributed by atoms with Crippen LogP contribution in [0.2, 0.25) is 0 Å². The van der Waals surface area contributed by atoms with Gasteiger partial charge in [0.2, 0.25) is 5.89 Å². The van der Waals surface area contributed by atoms with Gasteiger partial charge in [0.1, 0.15) is 23.7 Å². The quantitative estimate of drug-likeness (QED) is 0.441. The maximum absolute atomic E-state index is 14.6. The molecule has 2 aromatic carbocycles. The number of nitrogens with two attached hydrogens (primary N) is 1. The fraction of sp³-hybridized carbons (Fsp3) is 0.100. The largest absolute Gasteiger partial charge is 0.415 e. The first kappa shape index (κ1) is 19.6. The van der Waals surface area contributed by atoms with Crippen molar-refractivity contribution in [3.05, 3.63) is 66.2 Å². The summed E-state index contributed by atoms with van der Waals surface area (Å²) in [5.74, 6) is -1.19. The highest BCUT2D eigenvalue weighted by Crippen LogP contribution is 2.26. The van der Waals surface area contributed by atoms with Crippen LogP contribution in [0.1, 0.15) is 17.9 Å². The van der Waals surface area contributed by atoms with Gasteiger partial charge in [0.05, 0.1) is 18.3 Å². The van der Waals surface area contributed by atoms with E-state index in [0.29, 0.717) is 22.6 Å². The van der Waals surface area contributed by atoms with Crippen LogP contribution in [0.5, 0.6) is 0 Å². The van der Waals surface area contributed by atoms with Crippen LogP contribution in [0.4, 0.5) is 19.0 Å². The highest BCUT2D eigenvalue weighted by atomic mass is 19.3. The Kier molecular flexibility index (Phi) is 4.73. The molecule has 5 rings (SSSR count). The van der Waals surface area contributed by atoms with Crippen molar-refractivity contribution in [1.82, 2.24) is 35.2 Å². The molecule has 0 unspecified atom stereocenters. The molecule has 0 bridgehead atoms. The minimum absolute atomic E-state index is 0.105. The third-order valence-electron chi connectivity index (χ3n) is 4.76. The average Bonchev–Trinajstić information content (AvgIpc) is 3.45. The van der Waals surface area contributed by atoms with E-state index >= 15 is 0 Å². The Labute approximate surface area is 177 Å². The second-order valence-corrected chi connectivity index (χ2v) is 6.84. The molecule has 0 aliphatic carbocycles. The summed E-state index contributed by atoms with van der Waals surface area (Å²) in [5, 5.41) is 15.7. The zero-order valence-corrected chi connectivity index (χ0v) is 16.2. The standard InChI is InChI=1S/C20H13F3N8O/c21-14-5-11(19-28-29-20(32-19)17(22)23)1-2-12(14)7-31-8-16(27-30-31)10-3-4-13-15(6-10)25-9-26-18(13)24/h1-6,8-9,17H,7H2,(H2,24,25,26). The van der Waals surface area contributed by atoms with Gasteiger partial charge in [0, 0.05) is 22.1 Å². The summed E-state index contributed by atoms with van der Waals surface area (Å²) >= 11 is 0. The zero-order chi connectivity index (χ0) is 22.2. The van der Waals surface area contributed by atoms with Crippen LogP contribution in [0.15, 0.2) is 53.3 Å². The zero-order valence-electron chi connectivity index (χ0n) is 16.2. The number of fused-ring (bicyclic) bond motifs is 1. The van der Waals surface area contributed by atoms with Gasteiger partial charge in [0.15, 0.2) is 0 Å². The second-order valence-electron chi connectivity index (χ2n) is 6.84. The van der Waals surface area contributed by atoms with Crippen LogP contribution in [-0.2, 0) is 6.54 Å². The summed E-state index contributed by atoms with van der Waals surface area (Å²) < 4.78 is 46.1. The molecule has 0 spiro atoms. The Hall–Kier alpha value is -4.35. The first-order valence-electron chi connectivity index (χ1n) is 9.29. The fourth-order valence-corrected chi connectivity index (χ4v) is 3.17. The lowest BCUT2D eigenvalue weighted by Gasteiger charge is -2.04. The molecule has 0 fully saturated rings. The molecule has 0 saturated heterocycles. The topological polar surface area (TPSA) is 121 Å². The molecule has 32 heavy (non-hydrogen) atoms. The third kappa shape index (κ3) is 3.62. The van der Waals surface area contributed by atoms with Crippen LogP contribution in [-0.4, -0.2) is 35.2 Å². The predicted molar refractivity (Wildman–Crippen MR) is 107 cm³/mol. The van der Waals surface area contributed by atoms with Crippen molar-refractivity contribution in [2.45, 2.75) is 13.0 Å². The molecule has 2 N–H and O–H groups in total. The van der Waals surface area contributed by atoms with Crippen LogP contribution in [0.25, 0.3) is 33.6 Å². The number of alkyl halides is 2. The summed E-state index contributed by atoms with van der Waals surface area (Å²) in [6, 6.07) is 9.58. The maximum Gasteiger partial charge on any atom is 0.314 e. The lowest BCUT2D eigenvalue weighted by molar-refractivity contribution is 0.116. The summed E-state index contributed by atoms with van der Waals surface area (Å²) in [4.78, 5) is 8.16. The van der Waals surface area contributed by atoms with Gasteiger partial charge in [-0.15, -0.1) is 15.3 Å². The van der Waals surface area contributed by atoms with E-state index in [0.717, 1.165) is 17.0 Å². The van der Waals surface area contributed by atoms with Crippen LogP contribution in [0.3, 0.4) is 0 Å². The molecule has 9 nitrogen and oxygen atoms in total. The van der Waals surface area contributed by atoms with Gasteiger partial charge in [-0.3, -0.25) is 0 Å².